The van der Waals surface area contributed by atoms with Crippen LogP contribution in [0.4, 0.5) is 0 Å². The van der Waals surface area contributed by atoms with Crippen molar-refractivity contribution in [1.82, 2.24) is 14.7 Å². The minimum absolute atomic E-state index is 0.159. The van der Waals surface area contributed by atoms with Gasteiger partial charge in [-0.2, -0.15) is 0 Å². The lowest BCUT2D eigenvalue weighted by atomic mass is 10.1. The van der Waals surface area contributed by atoms with Gasteiger partial charge >= 0.3 is 0 Å². The molecule has 1 aromatic carbocycles. The van der Waals surface area contributed by atoms with Gasteiger partial charge in [-0.25, -0.2) is 0 Å². The Hall–Kier alpha value is -1.24. The van der Waals surface area contributed by atoms with E-state index < -0.39 is 0 Å². The zero-order valence-electron chi connectivity index (χ0n) is 15.0. The van der Waals surface area contributed by atoms with Crippen LogP contribution < -0.4 is 0 Å². The lowest BCUT2D eigenvalue weighted by Gasteiger charge is -2.36. The monoisotopic (exact) mass is 395 g/mol. The van der Waals surface area contributed by atoms with Gasteiger partial charge < -0.3 is 9.80 Å². The summed E-state index contributed by atoms with van der Waals surface area (Å²) >= 11 is 7.42. The van der Waals surface area contributed by atoms with Gasteiger partial charge in [0.05, 0.1) is 12.3 Å². The second-order valence-corrected chi connectivity index (χ2v) is 8.33. The predicted molar refractivity (Wildman–Crippen MR) is 106 cm³/mol. The Morgan fingerprint density at radius 1 is 0.846 bits per heavy atom. The number of carbonyl (C=O) groups excluding carboxylic acids is 2. The Balaban J connectivity index is 1.38. The molecule has 0 radical (unpaired) electrons. The van der Waals surface area contributed by atoms with Crippen molar-refractivity contribution in [3.63, 3.8) is 0 Å². The highest BCUT2D eigenvalue weighted by molar-refractivity contribution is 8.00. The number of rotatable bonds is 5. The molecule has 5 nitrogen and oxygen atoms in total. The zero-order chi connectivity index (χ0) is 18.4. The highest BCUT2D eigenvalue weighted by Crippen LogP contribution is 2.21. The first-order chi connectivity index (χ1) is 12.6. The molecule has 3 rings (SSSR count). The molecule has 2 aliphatic rings. The van der Waals surface area contributed by atoms with E-state index in [4.69, 9.17) is 11.6 Å². The van der Waals surface area contributed by atoms with Gasteiger partial charge in [0.25, 0.3) is 0 Å². The number of thioether (sulfide) groups is 1. The number of piperazine rings is 1. The number of carbonyl (C=O) groups is 2. The molecule has 0 bridgehead atoms. The van der Waals surface area contributed by atoms with Crippen LogP contribution in [0, 0.1) is 0 Å². The van der Waals surface area contributed by atoms with E-state index >= 15 is 0 Å². The molecule has 0 aromatic heterocycles. The second kappa shape index (κ2) is 9.62. The van der Waals surface area contributed by atoms with Crippen LogP contribution in [0.3, 0.4) is 0 Å². The van der Waals surface area contributed by atoms with Crippen molar-refractivity contribution >= 4 is 35.2 Å². The summed E-state index contributed by atoms with van der Waals surface area (Å²) in [5.74, 6) is 0.837. The minimum atomic E-state index is 0.159. The molecule has 1 aromatic rings. The van der Waals surface area contributed by atoms with Crippen molar-refractivity contribution in [2.24, 2.45) is 0 Å². The number of likely N-dealkylation sites (tertiary alicyclic amines) is 1. The maximum atomic E-state index is 12.4. The number of halogens is 1. The average molecular weight is 396 g/mol. The highest BCUT2D eigenvalue weighted by Gasteiger charge is 2.24. The normalized spacial score (nSPS) is 18.8. The first-order valence-electron chi connectivity index (χ1n) is 9.28. The molecule has 0 N–H and O–H groups in total. The third-order valence-electron chi connectivity index (χ3n) is 4.97. The lowest BCUT2D eigenvalue weighted by molar-refractivity contribution is -0.134. The predicted octanol–water partition coefficient (Wildman–Crippen LogP) is 2.59. The number of hydrogen-bond acceptors (Lipinski definition) is 4. The van der Waals surface area contributed by atoms with Crippen LogP contribution in [0.2, 0.25) is 5.02 Å². The molecule has 0 saturated carbocycles. The van der Waals surface area contributed by atoms with Gasteiger partial charge in [0.15, 0.2) is 0 Å². The quantitative estimate of drug-likeness (QED) is 0.719. The van der Waals surface area contributed by atoms with E-state index in [2.05, 4.69) is 4.90 Å². The fourth-order valence-corrected chi connectivity index (χ4v) is 4.28. The summed E-state index contributed by atoms with van der Waals surface area (Å²) in [6.45, 7) is 5.24. The maximum absolute atomic E-state index is 12.4. The molecule has 0 spiro atoms. The van der Waals surface area contributed by atoms with Crippen LogP contribution in [0.15, 0.2) is 29.2 Å². The summed E-state index contributed by atoms with van der Waals surface area (Å²) in [6, 6.07) is 7.55. The largest absolute Gasteiger partial charge is 0.342 e. The number of piperidine rings is 1. The van der Waals surface area contributed by atoms with Crippen LogP contribution in [-0.4, -0.2) is 78.1 Å². The van der Waals surface area contributed by atoms with Gasteiger partial charge in [0, 0.05) is 49.2 Å². The average Bonchev–Trinajstić information content (AvgIpc) is 2.68. The van der Waals surface area contributed by atoms with E-state index in [1.807, 2.05) is 34.1 Å². The van der Waals surface area contributed by atoms with Gasteiger partial charge in [-0.05, 0) is 43.5 Å². The van der Waals surface area contributed by atoms with Crippen LogP contribution in [0.25, 0.3) is 0 Å². The first-order valence-corrected chi connectivity index (χ1v) is 10.6. The van der Waals surface area contributed by atoms with E-state index in [-0.39, 0.29) is 11.8 Å². The molecule has 2 saturated heterocycles. The smallest absolute Gasteiger partial charge is 0.236 e. The number of hydrogen-bond donors (Lipinski definition) is 0. The van der Waals surface area contributed by atoms with Gasteiger partial charge in [-0.1, -0.05) is 11.6 Å². The topological polar surface area (TPSA) is 43.9 Å². The Kier molecular flexibility index (Phi) is 7.23. The number of nitrogens with zero attached hydrogens (tertiary/aromatic N) is 3. The fraction of sp³-hybridized carbons (Fsp3) is 0.579. The molecule has 7 heteroatoms. The summed E-state index contributed by atoms with van der Waals surface area (Å²) in [4.78, 5) is 31.9. The first kappa shape index (κ1) is 19.5. The molecular weight excluding hydrogens is 370 g/mol. The Morgan fingerprint density at radius 2 is 1.46 bits per heavy atom. The summed E-state index contributed by atoms with van der Waals surface area (Å²) in [6.07, 6.45) is 3.48. The van der Waals surface area contributed by atoms with Crippen LogP contribution in [0.5, 0.6) is 0 Å². The minimum Gasteiger partial charge on any atom is -0.342 e. The van der Waals surface area contributed by atoms with Crippen molar-refractivity contribution in [2.75, 3.05) is 51.6 Å². The van der Waals surface area contributed by atoms with Gasteiger partial charge in [-0.15, -0.1) is 11.8 Å². The van der Waals surface area contributed by atoms with Crippen LogP contribution in [0.1, 0.15) is 19.3 Å². The van der Waals surface area contributed by atoms with E-state index in [1.54, 1.807) is 0 Å². The molecule has 2 amide bonds. The van der Waals surface area contributed by atoms with E-state index in [9.17, 15) is 9.59 Å². The Morgan fingerprint density at radius 3 is 2.12 bits per heavy atom. The van der Waals surface area contributed by atoms with E-state index in [0.29, 0.717) is 30.4 Å². The van der Waals surface area contributed by atoms with Crippen molar-refractivity contribution in [1.29, 1.82) is 0 Å². The fourth-order valence-electron chi connectivity index (χ4n) is 3.36. The molecule has 2 fully saturated rings. The van der Waals surface area contributed by atoms with Gasteiger partial charge in [0.1, 0.15) is 0 Å². The molecule has 0 atom stereocenters. The van der Waals surface area contributed by atoms with Crippen molar-refractivity contribution in [2.45, 2.75) is 24.2 Å². The summed E-state index contributed by atoms with van der Waals surface area (Å²) in [5, 5.41) is 0.705. The molecule has 2 aliphatic heterocycles. The Labute approximate surface area is 164 Å². The Bertz CT molecular complexity index is 612. The summed E-state index contributed by atoms with van der Waals surface area (Å²) < 4.78 is 0. The number of benzene rings is 1. The van der Waals surface area contributed by atoms with Crippen LogP contribution >= 0.6 is 23.4 Å². The van der Waals surface area contributed by atoms with Crippen molar-refractivity contribution in [3.05, 3.63) is 29.3 Å². The van der Waals surface area contributed by atoms with Crippen molar-refractivity contribution in [3.8, 4) is 0 Å². The van der Waals surface area contributed by atoms with Gasteiger partial charge in [-0.3, -0.25) is 14.5 Å². The van der Waals surface area contributed by atoms with Gasteiger partial charge in [0.2, 0.25) is 11.8 Å². The summed E-state index contributed by atoms with van der Waals surface area (Å²) in [7, 11) is 0. The molecule has 142 valence electrons. The van der Waals surface area contributed by atoms with E-state index in [1.165, 1.54) is 18.2 Å². The SMILES string of the molecule is O=C(CSc1ccc(Cl)cc1)N1CCN(CC(=O)N2CCCCC2)CC1. The second-order valence-electron chi connectivity index (χ2n) is 6.84. The standard InChI is InChI=1S/C19H26ClN3O2S/c20-16-4-6-17(7-5-16)26-15-19(25)23-12-10-21(11-13-23)14-18(24)22-8-2-1-3-9-22/h4-7H,1-3,8-15H2. The molecule has 0 aliphatic carbocycles. The third-order valence-corrected chi connectivity index (χ3v) is 6.22. The number of amides is 2. The van der Waals surface area contributed by atoms with Crippen LogP contribution in [-0.2, 0) is 9.59 Å². The third kappa shape index (κ3) is 5.63. The zero-order valence-corrected chi connectivity index (χ0v) is 16.6. The molecule has 2 heterocycles. The highest BCUT2D eigenvalue weighted by atomic mass is 35.5. The molecule has 0 unspecified atom stereocenters. The summed E-state index contributed by atoms with van der Waals surface area (Å²) in [5.41, 5.74) is 0. The molecule has 26 heavy (non-hydrogen) atoms. The lowest BCUT2D eigenvalue weighted by Crippen LogP contribution is -2.52. The molecular formula is C19H26ClN3O2S. The van der Waals surface area contributed by atoms with Crippen molar-refractivity contribution < 1.29 is 9.59 Å². The van der Waals surface area contributed by atoms with E-state index in [0.717, 1.165) is 43.9 Å². The maximum Gasteiger partial charge on any atom is 0.236 e.